The fourth-order valence-electron chi connectivity index (χ4n) is 2.55. The number of nitrogens with zero attached hydrogens (tertiary/aromatic N) is 1. The lowest BCUT2D eigenvalue weighted by atomic mass is 10.1. The number of thioether (sulfide) groups is 1. The van der Waals surface area contributed by atoms with Crippen molar-refractivity contribution in [3.05, 3.63) is 75.7 Å². The quantitative estimate of drug-likeness (QED) is 0.558. The number of ether oxygens (including phenoxy) is 1. The largest absolute Gasteiger partial charge is 0.497 e. The molecular formula is C21H22N2O2S2. The van der Waals surface area contributed by atoms with Crippen LogP contribution in [0.25, 0.3) is 0 Å². The molecule has 1 amide bonds. The molecule has 1 heterocycles. The second-order valence-electron chi connectivity index (χ2n) is 6.02. The van der Waals surface area contributed by atoms with Gasteiger partial charge in [-0.3, -0.25) is 4.79 Å². The van der Waals surface area contributed by atoms with Gasteiger partial charge in [0.2, 0.25) is 0 Å². The lowest BCUT2D eigenvalue weighted by molar-refractivity contribution is 0.0954. The van der Waals surface area contributed by atoms with Crippen LogP contribution in [0.15, 0.2) is 58.8 Å². The highest BCUT2D eigenvalue weighted by molar-refractivity contribution is 7.98. The molecule has 0 fully saturated rings. The Labute approximate surface area is 168 Å². The Morgan fingerprint density at radius 1 is 1.15 bits per heavy atom. The Morgan fingerprint density at radius 2 is 1.89 bits per heavy atom. The van der Waals surface area contributed by atoms with Crippen LogP contribution in [-0.4, -0.2) is 24.5 Å². The van der Waals surface area contributed by atoms with Gasteiger partial charge in [-0.15, -0.1) is 23.1 Å². The van der Waals surface area contributed by atoms with Gasteiger partial charge in [-0.1, -0.05) is 12.1 Å². The number of benzene rings is 2. The minimum atomic E-state index is -0.0461. The number of nitrogens with one attached hydrogen (secondary N) is 1. The summed E-state index contributed by atoms with van der Waals surface area (Å²) in [6, 6.07) is 15.6. The molecule has 1 aromatic heterocycles. The molecule has 0 radical (unpaired) electrons. The van der Waals surface area contributed by atoms with Crippen LogP contribution < -0.4 is 10.1 Å². The van der Waals surface area contributed by atoms with E-state index in [0.717, 1.165) is 33.5 Å². The van der Waals surface area contributed by atoms with Crippen LogP contribution in [0.3, 0.4) is 0 Å². The molecule has 6 heteroatoms. The lowest BCUT2D eigenvalue weighted by Gasteiger charge is -2.07. The summed E-state index contributed by atoms with van der Waals surface area (Å²) in [4.78, 5) is 17.9. The van der Waals surface area contributed by atoms with E-state index in [4.69, 9.17) is 4.74 Å². The SMILES string of the molecule is COc1ccc(CCNC(=O)c2ccc(SCc3csc(C)n3)cc2)cc1. The number of hydrogen-bond donors (Lipinski definition) is 1. The molecule has 27 heavy (non-hydrogen) atoms. The standard InChI is InChI=1S/C21H22N2O2S2/c1-15-23-18(13-26-15)14-27-20-9-5-17(6-10-20)21(24)22-12-11-16-3-7-19(25-2)8-4-16/h3-10,13H,11-12,14H2,1-2H3,(H,22,24). The van der Waals surface area contributed by atoms with Crippen molar-refractivity contribution in [2.45, 2.75) is 24.0 Å². The molecule has 3 aromatic rings. The third-order valence-electron chi connectivity index (χ3n) is 4.03. The lowest BCUT2D eigenvalue weighted by Crippen LogP contribution is -2.25. The van der Waals surface area contributed by atoms with E-state index in [9.17, 15) is 4.79 Å². The van der Waals surface area contributed by atoms with Gasteiger partial charge in [0.15, 0.2) is 0 Å². The van der Waals surface area contributed by atoms with E-state index in [2.05, 4.69) is 15.7 Å². The number of rotatable bonds is 8. The first-order chi connectivity index (χ1) is 13.1. The van der Waals surface area contributed by atoms with Crippen molar-refractivity contribution in [3.63, 3.8) is 0 Å². The Morgan fingerprint density at radius 3 is 2.52 bits per heavy atom. The molecule has 0 aliphatic rings. The van der Waals surface area contributed by atoms with Gasteiger partial charge in [0, 0.05) is 28.1 Å². The first-order valence-electron chi connectivity index (χ1n) is 8.69. The van der Waals surface area contributed by atoms with E-state index in [1.807, 2.05) is 55.5 Å². The highest BCUT2D eigenvalue weighted by atomic mass is 32.2. The van der Waals surface area contributed by atoms with Crippen LogP contribution in [0.2, 0.25) is 0 Å². The zero-order valence-corrected chi connectivity index (χ0v) is 17.0. The number of thiazole rings is 1. The van der Waals surface area contributed by atoms with Gasteiger partial charge in [0.1, 0.15) is 5.75 Å². The van der Waals surface area contributed by atoms with Crippen LogP contribution >= 0.6 is 23.1 Å². The van der Waals surface area contributed by atoms with Crippen molar-refractivity contribution in [2.75, 3.05) is 13.7 Å². The van der Waals surface area contributed by atoms with Gasteiger partial charge in [0.05, 0.1) is 17.8 Å². The summed E-state index contributed by atoms with van der Waals surface area (Å²) in [5.41, 5.74) is 2.95. The zero-order valence-electron chi connectivity index (χ0n) is 15.4. The number of amides is 1. The van der Waals surface area contributed by atoms with E-state index in [1.54, 1.807) is 30.2 Å². The maximum absolute atomic E-state index is 12.3. The molecule has 0 aliphatic heterocycles. The number of methoxy groups -OCH3 is 1. The van der Waals surface area contributed by atoms with Crippen molar-refractivity contribution in [1.82, 2.24) is 10.3 Å². The van der Waals surface area contributed by atoms with Crippen LogP contribution in [0.4, 0.5) is 0 Å². The molecule has 0 saturated carbocycles. The maximum Gasteiger partial charge on any atom is 0.251 e. The highest BCUT2D eigenvalue weighted by Gasteiger charge is 2.06. The van der Waals surface area contributed by atoms with E-state index in [-0.39, 0.29) is 5.91 Å². The predicted molar refractivity (Wildman–Crippen MR) is 112 cm³/mol. The molecule has 2 aromatic carbocycles. The molecule has 140 valence electrons. The fourth-order valence-corrected chi connectivity index (χ4v) is 4.06. The van der Waals surface area contributed by atoms with Gasteiger partial charge in [-0.2, -0.15) is 0 Å². The molecule has 0 aliphatic carbocycles. The van der Waals surface area contributed by atoms with Crippen molar-refractivity contribution in [3.8, 4) is 5.75 Å². The van der Waals surface area contributed by atoms with Gasteiger partial charge in [-0.05, 0) is 55.3 Å². The van der Waals surface area contributed by atoms with Gasteiger partial charge in [0.25, 0.3) is 5.91 Å². The van der Waals surface area contributed by atoms with E-state index < -0.39 is 0 Å². The summed E-state index contributed by atoms with van der Waals surface area (Å²) in [6.45, 7) is 2.62. The second kappa shape index (κ2) is 9.58. The van der Waals surface area contributed by atoms with E-state index >= 15 is 0 Å². The monoisotopic (exact) mass is 398 g/mol. The fraction of sp³-hybridized carbons (Fsp3) is 0.238. The Hall–Kier alpha value is -2.31. The number of carbonyl (C=O) groups is 1. The molecule has 1 N–H and O–H groups in total. The average molecular weight is 399 g/mol. The normalized spacial score (nSPS) is 10.6. The summed E-state index contributed by atoms with van der Waals surface area (Å²) < 4.78 is 5.15. The van der Waals surface area contributed by atoms with Gasteiger partial charge < -0.3 is 10.1 Å². The van der Waals surface area contributed by atoms with Crippen LogP contribution in [0.5, 0.6) is 5.75 Å². The van der Waals surface area contributed by atoms with Crippen molar-refractivity contribution in [2.24, 2.45) is 0 Å². The zero-order chi connectivity index (χ0) is 19.1. The molecule has 4 nitrogen and oxygen atoms in total. The topological polar surface area (TPSA) is 51.2 Å². The smallest absolute Gasteiger partial charge is 0.251 e. The summed E-state index contributed by atoms with van der Waals surface area (Å²) in [7, 11) is 1.65. The van der Waals surface area contributed by atoms with E-state index in [0.29, 0.717) is 12.1 Å². The first kappa shape index (κ1) is 19.5. The highest BCUT2D eigenvalue weighted by Crippen LogP contribution is 2.23. The first-order valence-corrected chi connectivity index (χ1v) is 10.6. The molecular weight excluding hydrogens is 376 g/mol. The second-order valence-corrected chi connectivity index (χ2v) is 8.14. The summed E-state index contributed by atoms with van der Waals surface area (Å²) in [5, 5.41) is 6.15. The van der Waals surface area contributed by atoms with Crippen LogP contribution in [-0.2, 0) is 12.2 Å². The number of hydrogen-bond acceptors (Lipinski definition) is 5. The Kier molecular flexibility index (Phi) is 6.90. The number of aryl methyl sites for hydroxylation is 1. The summed E-state index contributed by atoms with van der Waals surface area (Å²) in [6.07, 6.45) is 0.788. The Balaban J connectivity index is 1.45. The van der Waals surface area contributed by atoms with Crippen molar-refractivity contribution in [1.29, 1.82) is 0 Å². The molecule has 0 unspecified atom stereocenters. The summed E-state index contributed by atoms with van der Waals surface area (Å²) in [5.74, 6) is 1.64. The number of carbonyl (C=O) groups excluding carboxylic acids is 1. The molecule has 3 rings (SSSR count). The minimum absolute atomic E-state index is 0.0461. The van der Waals surface area contributed by atoms with E-state index in [1.165, 1.54) is 5.56 Å². The van der Waals surface area contributed by atoms with Gasteiger partial charge in [-0.25, -0.2) is 4.98 Å². The maximum atomic E-state index is 12.3. The van der Waals surface area contributed by atoms with Crippen molar-refractivity contribution < 1.29 is 9.53 Å². The van der Waals surface area contributed by atoms with Gasteiger partial charge >= 0.3 is 0 Å². The molecule has 0 spiro atoms. The summed E-state index contributed by atoms with van der Waals surface area (Å²) >= 11 is 3.40. The molecule has 0 saturated heterocycles. The van der Waals surface area contributed by atoms with Crippen LogP contribution in [0, 0.1) is 6.92 Å². The minimum Gasteiger partial charge on any atom is -0.497 e. The molecule has 0 atom stereocenters. The van der Waals surface area contributed by atoms with Crippen molar-refractivity contribution >= 4 is 29.0 Å². The predicted octanol–water partition coefficient (Wildman–Crippen LogP) is 4.72. The Bertz CT molecular complexity index is 874. The number of aromatic nitrogens is 1. The third-order valence-corrected chi connectivity index (χ3v) is 5.90. The molecule has 0 bridgehead atoms. The van der Waals surface area contributed by atoms with Crippen LogP contribution in [0.1, 0.15) is 26.6 Å². The third kappa shape index (κ3) is 5.84. The average Bonchev–Trinajstić information content (AvgIpc) is 3.12.